The van der Waals surface area contributed by atoms with Crippen LogP contribution in [-0.4, -0.2) is 29.1 Å². The lowest BCUT2D eigenvalue weighted by atomic mass is 9.76. The number of nitrogens with zero attached hydrogens (tertiary/aromatic N) is 3. The minimum absolute atomic E-state index is 0.168. The number of hydrogen-bond acceptors (Lipinski definition) is 4. The fourth-order valence-corrected chi connectivity index (χ4v) is 4.70. The van der Waals surface area contributed by atoms with E-state index in [0.29, 0.717) is 28.6 Å². The summed E-state index contributed by atoms with van der Waals surface area (Å²) in [5.74, 6) is 1.90. The van der Waals surface area contributed by atoms with Crippen molar-refractivity contribution >= 4 is 17.7 Å². The molecule has 1 heterocycles. The van der Waals surface area contributed by atoms with Gasteiger partial charge in [0.15, 0.2) is 0 Å². The predicted octanol–water partition coefficient (Wildman–Crippen LogP) is 6.65. The van der Waals surface area contributed by atoms with Crippen LogP contribution in [0.4, 0.5) is 4.39 Å². The van der Waals surface area contributed by atoms with Gasteiger partial charge < -0.3 is 9.42 Å². The molecule has 1 atom stereocenters. The highest BCUT2D eigenvalue weighted by molar-refractivity contribution is 6.30. The largest absolute Gasteiger partial charge is 0.334 e. The van der Waals surface area contributed by atoms with Crippen LogP contribution in [0.3, 0.4) is 0 Å². The molecule has 6 heteroatoms. The fourth-order valence-electron chi connectivity index (χ4n) is 4.57. The summed E-state index contributed by atoms with van der Waals surface area (Å²) in [5, 5.41) is 4.74. The van der Waals surface area contributed by atoms with Gasteiger partial charge >= 0.3 is 0 Å². The number of aromatic nitrogens is 2. The summed E-state index contributed by atoms with van der Waals surface area (Å²) >= 11 is 5.93. The molecule has 4 nitrogen and oxygen atoms in total. The Hall–Kier alpha value is -2.50. The van der Waals surface area contributed by atoms with Gasteiger partial charge in [0.1, 0.15) is 5.82 Å². The van der Waals surface area contributed by atoms with Crippen molar-refractivity contribution in [1.82, 2.24) is 15.0 Å². The molecule has 1 aliphatic rings. The number of benzene rings is 2. The summed E-state index contributed by atoms with van der Waals surface area (Å²) < 4.78 is 19.1. The van der Waals surface area contributed by atoms with Crippen LogP contribution in [-0.2, 0) is 0 Å². The van der Waals surface area contributed by atoms with Crippen molar-refractivity contribution in [2.75, 3.05) is 14.1 Å². The molecule has 4 rings (SSSR count). The molecule has 0 spiro atoms. The average molecular weight is 440 g/mol. The van der Waals surface area contributed by atoms with E-state index in [1.54, 1.807) is 12.1 Å². The molecular formula is C25H27ClFN3O. The second-order valence-corrected chi connectivity index (χ2v) is 8.90. The van der Waals surface area contributed by atoms with Gasteiger partial charge in [0.2, 0.25) is 5.82 Å². The lowest BCUT2D eigenvalue weighted by molar-refractivity contribution is 0.159. The maximum Gasteiger partial charge on any atom is 0.250 e. The molecule has 1 aliphatic carbocycles. The molecule has 0 bridgehead atoms. The van der Waals surface area contributed by atoms with E-state index < -0.39 is 0 Å². The van der Waals surface area contributed by atoms with Crippen molar-refractivity contribution in [3.05, 3.63) is 76.9 Å². The molecule has 3 aromatic rings. The first-order valence-corrected chi connectivity index (χ1v) is 11.1. The van der Waals surface area contributed by atoms with Gasteiger partial charge in [0.05, 0.1) is 0 Å². The summed E-state index contributed by atoms with van der Waals surface area (Å²) in [6.45, 7) is 0. The van der Waals surface area contributed by atoms with Gasteiger partial charge in [-0.05, 0) is 99.7 Å². The Balaban J connectivity index is 1.36. The minimum atomic E-state index is -0.168. The summed E-state index contributed by atoms with van der Waals surface area (Å²) in [4.78, 5) is 6.67. The normalized spacial score (nSPS) is 20.4. The van der Waals surface area contributed by atoms with Crippen molar-refractivity contribution in [2.45, 2.75) is 31.7 Å². The van der Waals surface area contributed by atoms with Crippen LogP contribution in [0.25, 0.3) is 17.5 Å². The smallest absolute Gasteiger partial charge is 0.250 e. The third-order valence-corrected chi connectivity index (χ3v) is 6.32. The Kier molecular flexibility index (Phi) is 6.83. The zero-order valence-corrected chi connectivity index (χ0v) is 18.6. The highest BCUT2D eigenvalue weighted by atomic mass is 35.5. The van der Waals surface area contributed by atoms with Gasteiger partial charge in [0.25, 0.3) is 5.89 Å². The van der Waals surface area contributed by atoms with E-state index in [-0.39, 0.29) is 11.9 Å². The van der Waals surface area contributed by atoms with E-state index in [1.165, 1.54) is 6.07 Å². The van der Waals surface area contributed by atoms with Crippen LogP contribution in [0.5, 0.6) is 0 Å². The number of allylic oxidation sites excluding steroid dienone is 1. The van der Waals surface area contributed by atoms with Crippen molar-refractivity contribution in [3.63, 3.8) is 0 Å². The number of hydrogen-bond donors (Lipinski definition) is 0. The van der Waals surface area contributed by atoms with Gasteiger partial charge in [-0.15, -0.1) is 0 Å². The van der Waals surface area contributed by atoms with Crippen molar-refractivity contribution in [2.24, 2.45) is 11.8 Å². The molecule has 1 fully saturated rings. The molecule has 0 aliphatic heterocycles. The fraction of sp³-hybridized carbons (Fsp3) is 0.360. The van der Waals surface area contributed by atoms with Crippen LogP contribution in [0.15, 0.2) is 59.1 Å². The average Bonchev–Trinajstić information content (AvgIpc) is 3.23. The molecule has 1 aromatic heterocycles. The molecule has 2 aromatic carbocycles. The maximum atomic E-state index is 13.8. The molecule has 31 heavy (non-hydrogen) atoms. The van der Waals surface area contributed by atoms with Gasteiger partial charge in [0, 0.05) is 16.6 Å². The topological polar surface area (TPSA) is 42.2 Å². The lowest BCUT2D eigenvalue weighted by Gasteiger charge is -2.37. The van der Waals surface area contributed by atoms with Gasteiger partial charge in [-0.2, -0.15) is 4.98 Å². The summed E-state index contributed by atoms with van der Waals surface area (Å²) in [6, 6.07) is 14.6. The Morgan fingerprint density at radius 3 is 2.52 bits per heavy atom. The molecule has 0 saturated heterocycles. The molecule has 162 valence electrons. The van der Waals surface area contributed by atoms with Gasteiger partial charge in [-0.1, -0.05) is 35.0 Å². The van der Waals surface area contributed by atoms with Crippen LogP contribution in [0, 0.1) is 17.7 Å². The quantitative estimate of drug-likeness (QED) is 0.431. The Labute approximate surface area is 187 Å². The van der Waals surface area contributed by atoms with Crippen molar-refractivity contribution < 1.29 is 8.91 Å². The molecular weight excluding hydrogens is 413 g/mol. The molecule has 0 amide bonds. The van der Waals surface area contributed by atoms with Crippen molar-refractivity contribution in [3.8, 4) is 11.4 Å². The lowest BCUT2D eigenvalue weighted by Crippen LogP contribution is -2.30. The second-order valence-electron chi connectivity index (χ2n) is 8.46. The van der Waals surface area contributed by atoms with Gasteiger partial charge in [-0.3, -0.25) is 0 Å². The van der Waals surface area contributed by atoms with E-state index >= 15 is 0 Å². The van der Waals surface area contributed by atoms with E-state index in [0.717, 1.165) is 36.8 Å². The standard InChI is InChI=1S/C25H27ClFN3O/c1-30(2)24(20-4-3-5-22(27)16-20)18-9-6-17(7-10-18)8-15-23-28-25(29-31-23)19-11-13-21(26)14-12-19/h3-5,8,11-18,24H,6-7,9-10H2,1-2H3. The minimum Gasteiger partial charge on any atom is -0.334 e. The number of halogens is 2. The first-order valence-electron chi connectivity index (χ1n) is 10.7. The second kappa shape index (κ2) is 9.75. The molecule has 1 saturated carbocycles. The third-order valence-electron chi connectivity index (χ3n) is 6.06. The predicted molar refractivity (Wildman–Crippen MR) is 122 cm³/mol. The van der Waals surface area contributed by atoms with Crippen LogP contribution in [0.2, 0.25) is 5.02 Å². The van der Waals surface area contributed by atoms with Crippen LogP contribution in [0.1, 0.15) is 43.2 Å². The molecule has 1 unspecified atom stereocenters. The summed E-state index contributed by atoms with van der Waals surface area (Å²) in [5.41, 5.74) is 1.94. The first-order chi connectivity index (χ1) is 15.0. The SMILES string of the molecule is CN(C)C(c1cccc(F)c1)C1CCC(C=Cc2nc(-c3ccc(Cl)cc3)no2)CC1. The zero-order chi connectivity index (χ0) is 21.8. The summed E-state index contributed by atoms with van der Waals surface area (Å²) in [6.07, 6.45) is 8.51. The summed E-state index contributed by atoms with van der Waals surface area (Å²) in [7, 11) is 4.16. The number of rotatable bonds is 6. The van der Waals surface area contributed by atoms with E-state index in [1.807, 2.05) is 36.4 Å². The highest BCUT2D eigenvalue weighted by Gasteiger charge is 2.29. The van der Waals surface area contributed by atoms with Crippen LogP contribution < -0.4 is 0 Å². The Bertz CT molecular complexity index is 1020. The van der Waals surface area contributed by atoms with E-state index in [4.69, 9.17) is 16.1 Å². The van der Waals surface area contributed by atoms with Gasteiger partial charge in [-0.25, -0.2) is 4.39 Å². The zero-order valence-electron chi connectivity index (χ0n) is 17.8. The Morgan fingerprint density at radius 2 is 1.84 bits per heavy atom. The van der Waals surface area contributed by atoms with E-state index in [2.05, 4.69) is 35.2 Å². The van der Waals surface area contributed by atoms with Crippen LogP contribution >= 0.6 is 11.6 Å². The van der Waals surface area contributed by atoms with Crippen molar-refractivity contribution in [1.29, 1.82) is 0 Å². The third kappa shape index (κ3) is 5.41. The van der Waals surface area contributed by atoms with E-state index in [9.17, 15) is 4.39 Å². The Morgan fingerprint density at radius 1 is 1.10 bits per heavy atom. The molecule has 0 N–H and O–H groups in total. The molecule has 0 radical (unpaired) electrons. The maximum absolute atomic E-state index is 13.8. The monoisotopic (exact) mass is 439 g/mol. The first kappa shape index (κ1) is 21.7. The highest BCUT2D eigenvalue weighted by Crippen LogP contribution is 2.40.